The van der Waals surface area contributed by atoms with E-state index in [0.29, 0.717) is 5.69 Å². The third-order valence-electron chi connectivity index (χ3n) is 3.43. The minimum Gasteiger partial charge on any atom is -0.378 e. The first-order valence-corrected chi connectivity index (χ1v) is 6.66. The van der Waals surface area contributed by atoms with Crippen LogP contribution >= 0.6 is 0 Å². The minimum absolute atomic E-state index is 0.0324. The van der Waals surface area contributed by atoms with E-state index in [-0.39, 0.29) is 6.04 Å². The summed E-state index contributed by atoms with van der Waals surface area (Å²) in [5, 5.41) is 13.9. The van der Waals surface area contributed by atoms with Gasteiger partial charge in [-0.3, -0.25) is 10.1 Å². The molecule has 1 atom stereocenters. The van der Waals surface area contributed by atoms with Gasteiger partial charge in [-0.1, -0.05) is 23.8 Å². The van der Waals surface area contributed by atoms with Gasteiger partial charge in [0.25, 0.3) is 0 Å². The molecular formula is C16H17FN2O2. The molecule has 2 rings (SSSR count). The van der Waals surface area contributed by atoms with E-state index in [1.54, 1.807) is 0 Å². The summed E-state index contributed by atoms with van der Waals surface area (Å²) >= 11 is 0. The van der Waals surface area contributed by atoms with Gasteiger partial charge in [0.2, 0.25) is 5.82 Å². The predicted molar refractivity (Wildman–Crippen MR) is 81.0 cm³/mol. The molecule has 4 nitrogen and oxygen atoms in total. The second-order valence-electron chi connectivity index (χ2n) is 5.15. The number of nitro benzene ring substituents is 1. The Labute approximate surface area is 122 Å². The van der Waals surface area contributed by atoms with E-state index in [1.165, 1.54) is 12.1 Å². The molecule has 0 amide bonds. The van der Waals surface area contributed by atoms with Crippen molar-refractivity contribution in [2.45, 2.75) is 26.8 Å². The number of nitrogens with one attached hydrogen (secondary N) is 1. The zero-order valence-electron chi connectivity index (χ0n) is 12.2. The fourth-order valence-corrected chi connectivity index (χ4v) is 2.30. The summed E-state index contributed by atoms with van der Waals surface area (Å²) in [6, 6.07) is 9.95. The van der Waals surface area contributed by atoms with Gasteiger partial charge < -0.3 is 5.32 Å². The molecule has 0 aliphatic rings. The summed E-state index contributed by atoms with van der Waals surface area (Å²) < 4.78 is 13.3. The topological polar surface area (TPSA) is 55.2 Å². The van der Waals surface area contributed by atoms with Gasteiger partial charge in [0.1, 0.15) is 0 Å². The molecule has 0 fully saturated rings. The van der Waals surface area contributed by atoms with Crippen LogP contribution in [0.1, 0.15) is 29.7 Å². The van der Waals surface area contributed by atoms with Crippen molar-refractivity contribution < 1.29 is 9.31 Å². The highest BCUT2D eigenvalue weighted by atomic mass is 19.1. The maximum atomic E-state index is 13.3. The summed E-state index contributed by atoms with van der Waals surface area (Å²) in [7, 11) is 0. The molecular weight excluding hydrogens is 271 g/mol. The lowest BCUT2D eigenvalue weighted by Gasteiger charge is -2.18. The molecule has 110 valence electrons. The number of benzene rings is 2. The van der Waals surface area contributed by atoms with Crippen molar-refractivity contribution in [3.8, 4) is 0 Å². The number of hydrogen-bond donors (Lipinski definition) is 1. The van der Waals surface area contributed by atoms with E-state index in [1.807, 2.05) is 32.9 Å². The van der Waals surface area contributed by atoms with Crippen molar-refractivity contribution in [1.82, 2.24) is 0 Å². The molecule has 5 heteroatoms. The molecule has 0 aliphatic heterocycles. The second-order valence-corrected chi connectivity index (χ2v) is 5.15. The Kier molecular flexibility index (Phi) is 4.21. The van der Waals surface area contributed by atoms with Crippen LogP contribution in [0.3, 0.4) is 0 Å². The normalized spacial score (nSPS) is 12.0. The molecule has 0 spiro atoms. The molecule has 0 saturated heterocycles. The Bertz CT molecular complexity index is 686. The van der Waals surface area contributed by atoms with E-state index in [9.17, 15) is 14.5 Å². The molecule has 21 heavy (non-hydrogen) atoms. The Hall–Kier alpha value is -2.43. The second kappa shape index (κ2) is 5.91. The van der Waals surface area contributed by atoms with Gasteiger partial charge in [-0.2, -0.15) is 4.39 Å². The fraction of sp³-hybridized carbons (Fsp3) is 0.250. The van der Waals surface area contributed by atoms with Crippen LogP contribution in [0, 0.1) is 29.8 Å². The fourth-order valence-electron chi connectivity index (χ4n) is 2.30. The van der Waals surface area contributed by atoms with Crippen LogP contribution in [-0.2, 0) is 0 Å². The smallest absolute Gasteiger partial charge is 0.306 e. The zero-order valence-corrected chi connectivity index (χ0v) is 12.2. The van der Waals surface area contributed by atoms with E-state index in [4.69, 9.17) is 0 Å². The maximum Gasteiger partial charge on any atom is 0.306 e. The van der Waals surface area contributed by atoms with Crippen molar-refractivity contribution in [1.29, 1.82) is 0 Å². The molecule has 0 saturated carbocycles. The van der Waals surface area contributed by atoms with E-state index in [2.05, 4.69) is 11.4 Å². The highest BCUT2D eigenvalue weighted by molar-refractivity contribution is 5.53. The Balaban J connectivity index is 2.27. The minimum atomic E-state index is -0.829. The lowest BCUT2D eigenvalue weighted by molar-refractivity contribution is -0.387. The maximum absolute atomic E-state index is 13.3. The molecule has 0 aromatic heterocycles. The van der Waals surface area contributed by atoms with Crippen LogP contribution in [0.5, 0.6) is 0 Å². The van der Waals surface area contributed by atoms with E-state index >= 15 is 0 Å². The quantitative estimate of drug-likeness (QED) is 0.664. The molecule has 0 heterocycles. The van der Waals surface area contributed by atoms with Crippen LogP contribution in [-0.4, -0.2) is 4.92 Å². The number of rotatable bonds is 4. The van der Waals surface area contributed by atoms with Crippen molar-refractivity contribution in [2.75, 3.05) is 5.32 Å². The van der Waals surface area contributed by atoms with Gasteiger partial charge in [-0.05, 0) is 44.0 Å². The number of anilines is 1. The predicted octanol–water partition coefficient (Wildman–Crippen LogP) is 4.52. The molecule has 1 N–H and O–H groups in total. The van der Waals surface area contributed by atoms with Crippen LogP contribution in [0.15, 0.2) is 36.4 Å². The first-order chi connectivity index (χ1) is 9.88. The first kappa shape index (κ1) is 15.0. The van der Waals surface area contributed by atoms with Gasteiger partial charge in [0, 0.05) is 17.8 Å². The van der Waals surface area contributed by atoms with Gasteiger partial charge >= 0.3 is 5.69 Å². The number of nitro groups is 1. The van der Waals surface area contributed by atoms with Gasteiger partial charge in [0.05, 0.1) is 4.92 Å². The molecule has 1 unspecified atom stereocenters. The van der Waals surface area contributed by atoms with Gasteiger partial charge in [0.15, 0.2) is 0 Å². The number of nitrogens with zero attached hydrogens (tertiary/aromatic N) is 1. The summed E-state index contributed by atoms with van der Waals surface area (Å²) in [5.74, 6) is -0.829. The third-order valence-corrected chi connectivity index (χ3v) is 3.43. The van der Waals surface area contributed by atoms with Crippen molar-refractivity contribution in [3.05, 3.63) is 69.0 Å². The molecule has 0 aliphatic carbocycles. The van der Waals surface area contributed by atoms with Gasteiger partial charge in [-0.25, -0.2) is 0 Å². The molecule has 0 bridgehead atoms. The average molecular weight is 288 g/mol. The number of halogens is 1. The van der Waals surface area contributed by atoms with Crippen LogP contribution in [0.4, 0.5) is 15.8 Å². The lowest BCUT2D eigenvalue weighted by atomic mass is 10.00. The largest absolute Gasteiger partial charge is 0.378 e. The SMILES string of the molecule is Cc1ccc(C)c(C(C)Nc2ccc(F)c([N+](=O)[O-])c2)c1. The average Bonchev–Trinajstić information content (AvgIpc) is 2.43. The third kappa shape index (κ3) is 3.37. The summed E-state index contributed by atoms with van der Waals surface area (Å²) in [6.45, 7) is 6.00. The van der Waals surface area contributed by atoms with E-state index < -0.39 is 16.4 Å². The molecule has 2 aromatic carbocycles. The number of aryl methyl sites for hydroxylation is 2. The lowest BCUT2D eigenvalue weighted by Crippen LogP contribution is -2.09. The molecule has 0 radical (unpaired) electrons. The zero-order chi connectivity index (χ0) is 15.6. The highest BCUT2D eigenvalue weighted by Crippen LogP contribution is 2.26. The van der Waals surface area contributed by atoms with Crippen molar-refractivity contribution >= 4 is 11.4 Å². The highest BCUT2D eigenvalue weighted by Gasteiger charge is 2.16. The summed E-state index contributed by atoms with van der Waals surface area (Å²) in [6.07, 6.45) is 0. The van der Waals surface area contributed by atoms with Crippen LogP contribution in [0.25, 0.3) is 0 Å². The van der Waals surface area contributed by atoms with Crippen molar-refractivity contribution in [3.63, 3.8) is 0 Å². The monoisotopic (exact) mass is 288 g/mol. The summed E-state index contributed by atoms with van der Waals surface area (Å²) in [4.78, 5) is 10.0. The first-order valence-electron chi connectivity index (χ1n) is 6.66. The Morgan fingerprint density at radius 3 is 2.57 bits per heavy atom. The molecule has 2 aromatic rings. The Morgan fingerprint density at radius 1 is 1.19 bits per heavy atom. The van der Waals surface area contributed by atoms with Crippen molar-refractivity contribution in [2.24, 2.45) is 0 Å². The van der Waals surface area contributed by atoms with Gasteiger partial charge in [-0.15, -0.1) is 0 Å². The van der Waals surface area contributed by atoms with E-state index in [0.717, 1.165) is 22.8 Å². The Morgan fingerprint density at radius 2 is 1.90 bits per heavy atom. The van der Waals surface area contributed by atoms with Crippen LogP contribution in [0.2, 0.25) is 0 Å². The van der Waals surface area contributed by atoms with Crippen LogP contribution < -0.4 is 5.32 Å². The summed E-state index contributed by atoms with van der Waals surface area (Å²) in [5.41, 5.74) is 3.40. The number of hydrogen-bond acceptors (Lipinski definition) is 3. The standard InChI is InChI=1S/C16H17FN2O2/c1-10-4-5-11(2)14(8-10)12(3)18-13-6-7-15(17)16(9-13)19(20)21/h4-9,12,18H,1-3H3.